The zero-order chi connectivity index (χ0) is 15.0. The number of carbonyl (C=O) groups excluding carboxylic acids is 1. The zero-order valence-electron chi connectivity index (χ0n) is 11.7. The van der Waals surface area contributed by atoms with Crippen LogP contribution in [-0.4, -0.2) is 18.1 Å². The summed E-state index contributed by atoms with van der Waals surface area (Å²) in [5.41, 5.74) is 9.79. The number of fused-ring (bicyclic) bond motifs is 1. The number of hydrogen-bond donors (Lipinski definition) is 1. The molecule has 0 aliphatic rings. The van der Waals surface area contributed by atoms with Crippen molar-refractivity contribution in [1.82, 2.24) is 4.98 Å². The summed E-state index contributed by atoms with van der Waals surface area (Å²) in [7, 11) is 1.34. The van der Waals surface area contributed by atoms with Gasteiger partial charge in [0.05, 0.1) is 12.7 Å². The lowest BCUT2D eigenvalue weighted by molar-refractivity contribution is 0.0601. The van der Waals surface area contributed by atoms with Gasteiger partial charge in [0.2, 0.25) is 0 Å². The molecular formula is C16H14N2O3. The summed E-state index contributed by atoms with van der Waals surface area (Å²) < 4.78 is 10.4. The van der Waals surface area contributed by atoms with E-state index >= 15 is 0 Å². The topological polar surface area (TPSA) is 78.4 Å². The predicted octanol–water partition coefficient (Wildman–Crippen LogP) is 3.17. The van der Waals surface area contributed by atoms with Gasteiger partial charge in [-0.3, -0.25) is 0 Å². The van der Waals surface area contributed by atoms with Crippen LogP contribution < -0.4 is 5.73 Å². The predicted molar refractivity (Wildman–Crippen MR) is 79.9 cm³/mol. The largest absolute Gasteiger partial charge is 0.465 e. The Morgan fingerprint density at radius 2 is 2.00 bits per heavy atom. The van der Waals surface area contributed by atoms with Gasteiger partial charge in [-0.15, -0.1) is 0 Å². The summed E-state index contributed by atoms with van der Waals surface area (Å²) >= 11 is 0. The molecule has 1 aromatic heterocycles. The Hall–Kier alpha value is -2.82. The highest BCUT2D eigenvalue weighted by molar-refractivity contribution is 6.01. The monoisotopic (exact) mass is 282 g/mol. The highest BCUT2D eigenvalue weighted by Crippen LogP contribution is 2.34. The van der Waals surface area contributed by atoms with Crippen LogP contribution in [0.2, 0.25) is 0 Å². The van der Waals surface area contributed by atoms with E-state index < -0.39 is 5.97 Å². The molecule has 21 heavy (non-hydrogen) atoms. The highest BCUT2D eigenvalue weighted by Gasteiger charge is 2.17. The smallest absolute Gasteiger partial charge is 0.337 e. The number of benzene rings is 2. The van der Waals surface area contributed by atoms with Crippen molar-refractivity contribution < 1.29 is 13.9 Å². The molecular weight excluding hydrogens is 268 g/mol. The molecule has 0 spiro atoms. The number of aromatic nitrogens is 1. The molecule has 0 saturated carbocycles. The van der Waals surface area contributed by atoms with Crippen molar-refractivity contribution in [3.05, 3.63) is 47.9 Å². The minimum absolute atomic E-state index is 0.413. The maximum absolute atomic E-state index is 11.8. The Bertz CT molecular complexity index is 837. The van der Waals surface area contributed by atoms with Crippen molar-refractivity contribution in [1.29, 1.82) is 0 Å². The third-order valence-electron chi connectivity index (χ3n) is 3.27. The summed E-state index contributed by atoms with van der Waals surface area (Å²) in [5.74, 6) is 0.107. The average molecular weight is 282 g/mol. The molecule has 106 valence electrons. The van der Waals surface area contributed by atoms with E-state index in [2.05, 4.69) is 4.98 Å². The van der Waals surface area contributed by atoms with E-state index in [0.717, 1.165) is 11.1 Å². The number of anilines is 1. The third-order valence-corrected chi connectivity index (χ3v) is 3.27. The van der Waals surface area contributed by atoms with Crippen LogP contribution in [0.5, 0.6) is 0 Å². The van der Waals surface area contributed by atoms with Crippen molar-refractivity contribution in [3.8, 4) is 11.1 Å². The Balaban J connectivity index is 2.34. The molecule has 2 N–H and O–H groups in total. The first-order valence-corrected chi connectivity index (χ1v) is 6.44. The first-order valence-electron chi connectivity index (χ1n) is 6.44. The van der Waals surface area contributed by atoms with Crippen molar-refractivity contribution >= 4 is 22.8 Å². The number of hydrogen-bond acceptors (Lipinski definition) is 5. The highest BCUT2D eigenvalue weighted by atomic mass is 16.5. The van der Waals surface area contributed by atoms with E-state index in [-0.39, 0.29) is 0 Å². The number of esters is 1. The molecule has 5 heteroatoms. The number of para-hydroxylation sites is 1. The van der Waals surface area contributed by atoms with Gasteiger partial charge in [0.15, 0.2) is 11.5 Å². The zero-order valence-corrected chi connectivity index (χ0v) is 11.7. The average Bonchev–Trinajstić information content (AvgIpc) is 2.86. The van der Waals surface area contributed by atoms with E-state index in [1.54, 1.807) is 25.1 Å². The molecule has 0 amide bonds. The minimum atomic E-state index is -0.423. The Kier molecular flexibility index (Phi) is 3.10. The van der Waals surface area contributed by atoms with Gasteiger partial charge < -0.3 is 14.9 Å². The fourth-order valence-electron chi connectivity index (χ4n) is 2.32. The van der Waals surface area contributed by atoms with Crippen LogP contribution in [0.3, 0.4) is 0 Å². The van der Waals surface area contributed by atoms with Crippen molar-refractivity contribution in [2.45, 2.75) is 6.92 Å². The number of rotatable bonds is 2. The second-order valence-corrected chi connectivity index (χ2v) is 4.68. The number of oxazole rings is 1. The summed E-state index contributed by atoms with van der Waals surface area (Å²) in [5, 5.41) is 0. The van der Waals surface area contributed by atoms with Crippen LogP contribution in [0.25, 0.3) is 22.2 Å². The summed E-state index contributed by atoms with van der Waals surface area (Å²) in [6.07, 6.45) is 0. The van der Waals surface area contributed by atoms with Gasteiger partial charge in [0.25, 0.3) is 0 Å². The normalized spacial score (nSPS) is 10.8. The number of carbonyl (C=O) groups is 1. The molecule has 5 nitrogen and oxygen atoms in total. The number of aryl methyl sites for hydroxylation is 1. The summed E-state index contributed by atoms with van der Waals surface area (Å²) in [4.78, 5) is 16.1. The van der Waals surface area contributed by atoms with E-state index in [4.69, 9.17) is 14.9 Å². The van der Waals surface area contributed by atoms with Crippen LogP contribution in [0.4, 0.5) is 5.69 Å². The Labute approximate surface area is 121 Å². The van der Waals surface area contributed by atoms with E-state index in [0.29, 0.717) is 28.2 Å². The second kappa shape index (κ2) is 4.94. The fourth-order valence-corrected chi connectivity index (χ4v) is 2.32. The van der Waals surface area contributed by atoms with Crippen LogP contribution in [0, 0.1) is 6.92 Å². The molecule has 0 saturated heterocycles. The molecule has 0 bridgehead atoms. The van der Waals surface area contributed by atoms with Crippen LogP contribution >= 0.6 is 0 Å². The van der Waals surface area contributed by atoms with Gasteiger partial charge in [-0.2, -0.15) is 0 Å². The first-order chi connectivity index (χ1) is 10.1. The van der Waals surface area contributed by atoms with Gasteiger partial charge >= 0.3 is 5.97 Å². The van der Waals surface area contributed by atoms with Gasteiger partial charge in [0.1, 0.15) is 5.52 Å². The van der Waals surface area contributed by atoms with Gasteiger partial charge in [-0.05, 0) is 18.2 Å². The van der Waals surface area contributed by atoms with E-state index in [1.807, 2.05) is 18.2 Å². The van der Waals surface area contributed by atoms with E-state index in [9.17, 15) is 4.79 Å². The minimum Gasteiger partial charge on any atom is -0.465 e. The molecule has 0 radical (unpaired) electrons. The van der Waals surface area contributed by atoms with Crippen molar-refractivity contribution in [3.63, 3.8) is 0 Å². The molecule has 3 rings (SSSR count). The molecule has 0 unspecified atom stereocenters. The van der Waals surface area contributed by atoms with Gasteiger partial charge in [0, 0.05) is 23.7 Å². The van der Waals surface area contributed by atoms with Gasteiger partial charge in [-0.25, -0.2) is 9.78 Å². The number of nitrogens with two attached hydrogens (primary N) is 1. The SMILES string of the molecule is COC(=O)c1cc(-c2ccccc2N)c2oc(C)nc2c1. The molecule has 0 aliphatic carbocycles. The Morgan fingerprint density at radius 1 is 1.24 bits per heavy atom. The van der Waals surface area contributed by atoms with Crippen molar-refractivity contribution in [2.24, 2.45) is 0 Å². The maximum atomic E-state index is 11.8. The molecule has 3 aromatic rings. The van der Waals surface area contributed by atoms with Crippen LogP contribution in [-0.2, 0) is 4.74 Å². The van der Waals surface area contributed by atoms with Crippen LogP contribution in [0.15, 0.2) is 40.8 Å². The third kappa shape index (κ3) is 2.23. The number of ether oxygens (including phenoxy) is 1. The number of nitrogens with zero attached hydrogens (tertiary/aromatic N) is 1. The van der Waals surface area contributed by atoms with E-state index in [1.165, 1.54) is 7.11 Å². The molecule has 2 aromatic carbocycles. The molecule has 0 fully saturated rings. The summed E-state index contributed by atoms with van der Waals surface area (Å²) in [6.45, 7) is 1.76. The lowest BCUT2D eigenvalue weighted by Gasteiger charge is -2.08. The Morgan fingerprint density at radius 3 is 2.71 bits per heavy atom. The number of methoxy groups -OCH3 is 1. The number of nitrogen functional groups attached to an aromatic ring is 1. The maximum Gasteiger partial charge on any atom is 0.337 e. The first kappa shape index (κ1) is 13.2. The standard InChI is InChI=1S/C16H14N2O3/c1-9-18-14-8-10(16(19)20-2)7-12(15(14)21-9)11-5-3-4-6-13(11)17/h3-8H,17H2,1-2H3. The lowest BCUT2D eigenvalue weighted by Crippen LogP contribution is -2.01. The fraction of sp³-hybridized carbons (Fsp3) is 0.125. The lowest BCUT2D eigenvalue weighted by atomic mass is 10.00. The van der Waals surface area contributed by atoms with Gasteiger partial charge in [-0.1, -0.05) is 18.2 Å². The quantitative estimate of drug-likeness (QED) is 0.577. The van der Waals surface area contributed by atoms with Crippen LogP contribution in [0.1, 0.15) is 16.2 Å². The molecule has 0 atom stereocenters. The summed E-state index contributed by atoms with van der Waals surface area (Å²) in [6, 6.07) is 10.8. The second-order valence-electron chi connectivity index (χ2n) is 4.68. The van der Waals surface area contributed by atoms with Crippen molar-refractivity contribution in [2.75, 3.05) is 12.8 Å². The molecule has 1 heterocycles. The molecule has 0 aliphatic heterocycles.